The summed E-state index contributed by atoms with van der Waals surface area (Å²) in [5.74, 6) is 1.05. The molecule has 7 nitrogen and oxygen atoms in total. The Labute approximate surface area is 218 Å². The van der Waals surface area contributed by atoms with E-state index in [0.717, 1.165) is 28.8 Å². The Hall–Kier alpha value is -4.00. The fourth-order valence-electron chi connectivity index (χ4n) is 3.76. The summed E-state index contributed by atoms with van der Waals surface area (Å²) in [5.41, 5.74) is 2.07. The van der Waals surface area contributed by atoms with E-state index >= 15 is 0 Å². The van der Waals surface area contributed by atoms with Gasteiger partial charge in [-0.25, -0.2) is 4.79 Å². The third-order valence-corrected chi connectivity index (χ3v) is 5.55. The van der Waals surface area contributed by atoms with Gasteiger partial charge in [0.25, 0.3) is 6.01 Å². The molecule has 194 valence electrons. The molecule has 4 rings (SSSR count). The molecule has 0 spiro atoms. The van der Waals surface area contributed by atoms with Gasteiger partial charge in [-0.2, -0.15) is 4.98 Å². The van der Waals surface area contributed by atoms with Crippen LogP contribution in [0.1, 0.15) is 33.3 Å². The number of nitrogens with zero attached hydrogens (tertiary/aromatic N) is 2. The van der Waals surface area contributed by atoms with E-state index in [2.05, 4.69) is 9.88 Å². The van der Waals surface area contributed by atoms with E-state index in [1.165, 1.54) is 0 Å². The number of rotatable bonds is 11. The van der Waals surface area contributed by atoms with Crippen LogP contribution in [0.2, 0.25) is 0 Å². The van der Waals surface area contributed by atoms with Gasteiger partial charge < -0.3 is 23.5 Å². The number of esters is 1. The summed E-state index contributed by atoms with van der Waals surface area (Å²) in [6.07, 6.45) is 0.0167. The van der Waals surface area contributed by atoms with E-state index in [0.29, 0.717) is 31.5 Å². The summed E-state index contributed by atoms with van der Waals surface area (Å²) in [4.78, 5) is 19.1. The van der Waals surface area contributed by atoms with Crippen LogP contribution >= 0.6 is 0 Å². The fourth-order valence-corrected chi connectivity index (χ4v) is 3.76. The van der Waals surface area contributed by atoms with Crippen LogP contribution in [0.3, 0.4) is 0 Å². The van der Waals surface area contributed by atoms with E-state index < -0.39 is 17.7 Å². The second kappa shape index (κ2) is 11.8. The number of ether oxygens (including phenoxy) is 3. The van der Waals surface area contributed by atoms with Gasteiger partial charge in [0.05, 0.1) is 6.54 Å². The van der Waals surface area contributed by atoms with Gasteiger partial charge in [-0.1, -0.05) is 42.5 Å². The minimum atomic E-state index is -0.708. The zero-order chi connectivity index (χ0) is 26.3. The van der Waals surface area contributed by atoms with Gasteiger partial charge in [0.15, 0.2) is 11.7 Å². The standard InChI is InChI=1S/C30H34N2O5/c1-22(28(33)37-30(2,3)4)35-25-14-10-11-23(21-25)17-18-32(19-20-34-24-12-6-5-7-13-24)29-31-26-15-8-9-16-27(26)36-29/h5-16,21-22H,17-20H2,1-4H3. The molecule has 1 atom stereocenters. The lowest BCUT2D eigenvalue weighted by atomic mass is 10.1. The fraction of sp³-hybridized carbons (Fsp3) is 0.333. The Kier molecular flexibility index (Phi) is 8.33. The van der Waals surface area contributed by atoms with Crippen molar-refractivity contribution in [1.82, 2.24) is 4.98 Å². The summed E-state index contributed by atoms with van der Waals surface area (Å²) in [6.45, 7) is 8.97. The number of carbonyl (C=O) groups is 1. The van der Waals surface area contributed by atoms with Crippen LogP contribution in [0.5, 0.6) is 11.5 Å². The first-order chi connectivity index (χ1) is 17.8. The van der Waals surface area contributed by atoms with Gasteiger partial charge >= 0.3 is 5.97 Å². The number of fused-ring (bicyclic) bond motifs is 1. The van der Waals surface area contributed by atoms with Crippen molar-refractivity contribution < 1.29 is 23.4 Å². The first kappa shape index (κ1) is 26.1. The van der Waals surface area contributed by atoms with Crippen molar-refractivity contribution in [2.24, 2.45) is 0 Å². The van der Waals surface area contributed by atoms with Crippen molar-refractivity contribution >= 4 is 23.1 Å². The Morgan fingerprint density at radius 1 is 0.946 bits per heavy atom. The minimum absolute atomic E-state index is 0.390. The van der Waals surface area contributed by atoms with Gasteiger partial charge in [-0.05, 0) is 76.1 Å². The highest BCUT2D eigenvalue weighted by atomic mass is 16.6. The number of benzene rings is 3. The number of anilines is 1. The second-order valence-electron chi connectivity index (χ2n) is 9.80. The number of carbonyl (C=O) groups excluding carboxylic acids is 1. The molecule has 0 aliphatic heterocycles. The normalized spacial score (nSPS) is 12.2. The van der Waals surface area contributed by atoms with Gasteiger partial charge in [0, 0.05) is 6.54 Å². The topological polar surface area (TPSA) is 74.0 Å². The van der Waals surface area contributed by atoms with Gasteiger partial charge in [-0.15, -0.1) is 0 Å². The highest BCUT2D eigenvalue weighted by Gasteiger charge is 2.23. The van der Waals surface area contributed by atoms with Crippen LogP contribution in [0.15, 0.2) is 83.3 Å². The maximum absolute atomic E-state index is 12.3. The van der Waals surface area contributed by atoms with Crippen molar-refractivity contribution in [2.45, 2.75) is 45.8 Å². The van der Waals surface area contributed by atoms with Crippen molar-refractivity contribution in [1.29, 1.82) is 0 Å². The Balaban J connectivity index is 1.42. The number of hydrogen-bond acceptors (Lipinski definition) is 7. The molecule has 4 aromatic rings. The molecule has 0 amide bonds. The zero-order valence-corrected chi connectivity index (χ0v) is 21.8. The van der Waals surface area contributed by atoms with Crippen molar-refractivity contribution in [3.63, 3.8) is 0 Å². The first-order valence-electron chi connectivity index (χ1n) is 12.5. The predicted molar refractivity (Wildman–Crippen MR) is 144 cm³/mol. The van der Waals surface area contributed by atoms with E-state index in [9.17, 15) is 4.79 Å². The zero-order valence-electron chi connectivity index (χ0n) is 21.8. The molecule has 1 heterocycles. The molecule has 0 saturated carbocycles. The minimum Gasteiger partial charge on any atom is -0.492 e. The molecule has 3 aromatic carbocycles. The number of para-hydroxylation sites is 3. The monoisotopic (exact) mass is 502 g/mol. The molecule has 0 bridgehead atoms. The lowest BCUT2D eigenvalue weighted by Gasteiger charge is -2.23. The molecule has 1 aromatic heterocycles. The summed E-state index contributed by atoms with van der Waals surface area (Å²) in [7, 11) is 0. The molecule has 0 aliphatic rings. The summed E-state index contributed by atoms with van der Waals surface area (Å²) < 4.78 is 23.3. The van der Waals surface area contributed by atoms with Crippen LogP contribution in [0.25, 0.3) is 11.1 Å². The Bertz CT molecular complexity index is 1260. The molecular formula is C30H34N2O5. The first-order valence-corrected chi connectivity index (χ1v) is 12.5. The molecule has 37 heavy (non-hydrogen) atoms. The predicted octanol–water partition coefficient (Wildman–Crippen LogP) is 6.06. The van der Waals surface area contributed by atoms with Crippen LogP contribution in [0, 0.1) is 0 Å². The van der Waals surface area contributed by atoms with Crippen molar-refractivity contribution in [3.8, 4) is 11.5 Å². The second-order valence-corrected chi connectivity index (χ2v) is 9.80. The lowest BCUT2D eigenvalue weighted by molar-refractivity contribution is -0.162. The molecule has 0 radical (unpaired) electrons. The van der Waals surface area contributed by atoms with Crippen LogP contribution in [0.4, 0.5) is 6.01 Å². The van der Waals surface area contributed by atoms with Crippen LogP contribution < -0.4 is 14.4 Å². The molecule has 0 fully saturated rings. The van der Waals surface area contributed by atoms with Crippen LogP contribution in [-0.2, 0) is 16.0 Å². The average Bonchev–Trinajstić information content (AvgIpc) is 3.30. The van der Waals surface area contributed by atoms with E-state index in [1.54, 1.807) is 6.92 Å². The molecule has 0 aliphatic carbocycles. The lowest BCUT2D eigenvalue weighted by Crippen LogP contribution is -2.33. The van der Waals surface area contributed by atoms with E-state index in [-0.39, 0.29) is 0 Å². The third-order valence-electron chi connectivity index (χ3n) is 5.55. The number of aromatic nitrogens is 1. The summed E-state index contributed by atoms with van der Waals surface area (Å²) in [6, 6.07) is 25.8. The maximum atomic E-state index is 12.3. The SMILES string of the molecule is CC(Oc1cccc(CCN(CCOc2ccccc2)c2nc3ccccc3o2)c1)C(=O)OC(C)(C)C. The van der Waals surface area contributed by atoms with E-state index in [4.69, 9.17) is 18.6 Å². The molecule has 7 heteroatoms. The maximum Gasteiger partial charge on any atom is 0.347 e. The number of oxazole rings is 1. The van der Waals surface area contributed by atoms with Gasteiger partial charge in [0.1, 0.15) is 29.2 Å². The molecular weight excluding hydrogens is 468 g/mol. The average molecular weight is 503 g/mol. The largest absolute Gasteiger partial charge is 0.492 e. The number of hydrogen-bond donors (Lipinski definition) is 0. The smallest absolute Gasteiger partial charge is 0.347 e. The van der Waals surface area contributed by atoms with E-state index in [1.807, 2.05) is 99.6 Å². The molecule has 0 N–H and O–H groups in total. The van der Waals surface area contributed by atoms with Crippen LogP contribution in [-0.4, -0.2) is 42.4 Å². The molecule has 0 saturated heterocycles. The summed E-state index contributed by atoms with van der Waals surface area (Å²) >= 11 is 0. The highest BCUT2D eigenvalue weighted by Crippen LogP contribution is 2.23. The third kappa shape index (κ3) is 7.74. The Morgan fingerprint density at radius 3 is 2.43 bits per heavy atom. The van der Waals surface area contributed by atoms with Gasteiger partial charge in [-0.3, -0.25) is 0 Å². The molecule has 1 unspecified atom stereocenters. The van der Waals surface area contributed by atoms with Crippen molar-refractivity contribution in [2.75, 3.05) is 24.6 Å². The highest BCUT2D eigenvalue weighted by molar-refractivity contribution is 5.75. The van der Waals surface area contributed by atoms with Crippen molar-refractivity contribution in [3.05, 3.63) is 84.4 Å². The van der Waals surface area contributed by atoms with Gasteiger partial charge in [0.2, 0.25) is 0 Å². The quantitative estimate of drug-likeness (QED) is 0.231. The Morgan fingerprint density at radius 2 is 1.68 bits per heavy atom. The summed E-state index contributed by atoms with van der Waals surface area (Å²) in [5, 5.41) is 0.